The predicted octanol–water partition coefficient (Wildman–Crippen LogP) is 1.41. The van der Waals surface area contributed by atoms with E-state index in [0.29, 0.717) is 6.04 Å². The minimum absolute atomic E-state index is 0.680. The number of hydrogen-bond donors (Lipinski definition) is 1. The van der Waals surface area contributed by atoms with Gasteiger partial charge in [-0.05, 0) is 43.6 Å². The molecule has 0 spiro atoms. The van der Waals surface area contributed by atoms with Crippen LogP contribution in [0.25, 0.3) is 0 Å². The second-order valence-corrected chi connectivity index (χ2v) is 5.08. The van der Waals surface area contributed by atoms with Crippen LogP contribution in [-0.2, 0) is 4.74 Å². The Labute approximate surface area is 80.0 Å². The summed E-state index contributed by atoms with van der Waals surface area (Å²) in [6.45, 7) is 3.15. The molecule has 1 N–H and O–H groups in total. The van der Waals surface area contributed by atoms with E-state index in [1.165, 1.54) is 32.2 Å². The second kappa shape index (κ2) is 3.25. The third-order valence-electron chi connectivity index (χ3n) is 4.19. The Kier molecular flexibility index (Phi) is 2.06. The first kappa shape index (κ1) is 8.25. The molecule has 0 amide bonds. The van der Waals surface area contributed by atoms with Crippen LogP contribution < -0.4 is 5.32 Å². The topological polar surface area (TPSA) is 21.3 Å². The first-order chi connectivity index (χ1) is 6.42. The molecule has 2 saturated carbocycles. The molecule has 3 aliphatic rings. The van der Waals surface area contributed by atoms with Gasteiger partial charge in [0.1, 0.15) is 0 Å². The first-order valence-corrected chi connectivity index (χ1v) is 5.73. The van der Waals surface area contributed by atoms with E-state index in [1.807, 2.05) is 0 Å². The molecule has 1 saturated heterocycles. The van der Waals surface area contributed by atoms with Gasteiger partial charge in [-0.1, -0.05) is 6.42 Å². The van der Waals surface area contributed by atoms with Crippen molar-refractivity contribution < 1.29 is 4.74 Å². The summed E-state index contributed by atoms with van der Waals surface area (Å²) in [6, 6.07) is 0.680. The maximum absolute atomic E-state index is 5.15. The Morgan fingerprint density at radius 3 is 2.62 bits per heavy atom. The summed E-state index contributed by atoms with van der Waals surface area (Å²) in [7, 11) is 0. The molecular weight excluding hydrogens is 162 g/mol. The van der Waals surface area contributed by atoms with Crippen molar-refractivity contribution in [3.63, 3.8) is 0 Å². The molecule has 3 unspecified atom stereocenters. The summed E-state index contributed by atoms with van der Waals surface area (Å²) in [4.78, 5) is 0. The van der Waals surface area contributed by atoms with Gasteiger partial charge in [0.2, 0.25) is 0 Å². The standard InChI is InChI=1S/C11H19NO/c1-2-9-3-8(1)4-10(9)5-12-11-6-13-7-11/h8-12H,1-7H2. The Morgan fingerprint density at radius 2 is 2.08 bits per heavy atom. The zero-order chi connectivity index (χ0) is 8.67. The number of nitrogens with one attached hydrogen (secondary N) is 1. The van der Waals surface area contributed by atoms with Gasteiger partial charge in [0.25, 0.3) is 0 Å². The second-order valence-electron chi connectivity index (χ2n) is 5.08. The average Bonchev–Trinajstić information content (AvgIpc) is 2.61. The molecule has 2 heteroatoms. The minimum atomic E-state index is 0.680. The van der Waals surface area contributed by atoms with Gasteiger partial charge < -0.3 is 10.1 Å². The van der Waals surface area contributed by atoms with Crippen LogP contribution in [0.2, 0.25) is 0 Å². The van der Waals surface area contributed by atoms with Gasteiger partial charge in [-0.25, -0.2) is 0 Å². The lowest BCUT2D eigenvalue weighted by molar-refractivity contribution is -0.00737. The van der Waals surface area contributed by atoms with Crippen LogP contribution in [0.15, 0.2) is 0 Å². The van der Waals surface area contributed by atoms with Gasteiger partial charge in [-0.3, -0.25) is 0 Å². The van der Waals surface area contributed by atoms with E-state index >= 15 is 0 Å². The minimum Gasteiger partial charge on any atom is -0.378 e. The van der Waals surface area contributed by atoms with Crippen molar-refractivity contribution in [2.24, 2.45) is 17.8 Å². The van der Waals surface area contributed by atoms with E-state index in [4.69, 9.17) is 4.74 Å². The molecule has 2 nitrogen and oxygen atoms in total. The number of rotatable bonds is 3. The smallest absolute Gasteiger partial charge is 0.0643 e. The third kappa shape index (κ3) is 1.50. The molecule has 1 heterocycles. The Morgan fingerprint density at radius 1 is 1.15 bits per heavy atom. The molecule has 3 rings (SSSR count). The first-order valence-electron chi connectivity index (χ1n) is 5.73. The van der Waals surface area contributed by atoms with E-state index in [-0.39, 0.29) is 0 Å². The number of hydrogen-bond acceptors (Lipinski definition) is 2. The van der Waals surface area contributed by atoms with Gasteiger partial charge >= 0.3 is 0 Å². The summed E-state index contributed by atoms with van der Waals surface area (Å²) in [5, 5.41) is 3.62. The maximum Gasteiger partial charge on any atom is 0.0643 e. The van der Waals surface area contributed by atoms with Crippen LogP contribution in [0.4, 0.5) is 0 Å². The van der Waals surface area contributed by atoms with Crippen LogP contribution in [-0.4, -0.2) is 25.8 Å². The van der Waals surface area contributed by atoms with Crippen molar-refractivity contribution in [2.45, 2.75) is 31.7 Å². The average molecular weight is 181 g/mol. The lowest BCUT2D eigenvalue weighted by Gasteiger charge is -2.30. The highest BCUT2D eigenvalue weighted by Crippen LogP contribution is 2.47. The molecule has 1 aliphatic heterocycles. The fourth-order valence-electron chi connectivity index (χ4n) is 3.30. The highest BCUT2D eigenvalue weighted by molar-refractivity contribution is 4.91. The van der Waals surface area contributed by atoms with Crippen LogP contribution >= 0.6 is 0 Å². The van der Waals surface area contributed by atoms with Gasteiger partial charge in [-0.15, -0.1) is 0 Å². The Hall–Kier alpha value is -0.0800. The van der Waals surface area contributed by atoms with Gasteiger partial charge in [0.05, 0.1) is 19.3 Å². The predicted molar refractivity (Wildman–Crippen MR) is 51.5 cm³/mol. The third-order valence-corrected chi connectivity index (χ3v) is 4.19. The summed E-state index contributed by atoms with van der Waals surface area (Å²) in [5.74, 6) is 3.16. The van der Waals surface area contributed by atoms with Gasteiger partial charge in [-0.2, -0.15) is 0 Å². The zero-order valence-electron chi connectivity index (χ0n) is 8.17. The highest BCUT2D eigenvalue weighted by Gasteiger charge is 2.39. The van der Waals surface area contributed by atoms with Crippen LogP contribution in [0.1, 0.15) is 25.7 Å². The monoisotopic (exact) mass is 181 g/mol. The van der Waals surface area contributed by atoms with Crippen molar-refractivity contribution in [1.82, 2.24) is 5.32 Å². The summed E-state index contributed by atoms with van der Waals surface area (Å²) in [5.41, 5.74) is 0. The van der Waals surface area contributed by atoms with Crippen molar-refractivity contribution in [1.29, 1.82) is 0 Å². The molecular formula is C11H19NO. The van der Waals surface area contributed by atoms with Gasteiger partial charge in [0.15, 0.2) is 0 Å². The van der Waals surface area contributed by atoms with Crippen molar-refractivity contribution >= 4 is 0 Å². The molecule has 0 aromatic rings. The van der Waals surface area contributed by atoms with Crippen LogP contribution in [0, 0.1) is 17.8 Å². The van der Waals surface area contributed by atoms with Crippen LogP contribution in [0.3, 0.4) is 0 Å². The Bertz CT molecular complexity index is 191. The van der Waals surface area contributed by atoms with Crippen molar-refractivity contribution in [3.05, 3.63) is 0 Å². The molecule has 74 valence electrons. The largest absolute Gasteiger partial charge is 0.378 e. The molecule has 0 radical (unpaired) electrons. The number of ether oxygens (including phenoxy) is 1. The molecule has 13 heavy (non-hydrogen) atoms. The van der Waals surface area contributed by atoms with E-state index in [0.717, 1.165) is 31.0 Å². The van der Waals surface area contributed by atoms with E-state index in [1.54, 1.807) is 0 Å². The summed E-state index contributed by atoms with van der Waals surface area (Å²) in [6.07, 6.45) is 6.07. The normalized spacial score (nSPS) is 43.8. The van der Waals surface area contributed by atoms with Crippen LogP contribution in [0.5, 0.6) is 0 Å². The lowest BCUT2D eigenvalue weighted by Crippen LogP contribution is -2.47. The molecule has 2 bridgehead atoms. The van der Waals surface area contributed by atoms with E-state index in [9.17, 15) is 0 Å². The molecule has 2 aliphatic carbocycles. The lowest BCUT2D eigenvalue weighted by atomic mass is 9.88. The fourth-order valence-corrected chi connectivity index (χ4v) is 3.30. The molecule has 3 fully saturated rings. The summed E-state index contributed by atoms with van der Waals surface area (Å²) >= 11 is 0. The zero-order valence-corrected chi connectivity index (χ0v) is 8.17. The molecule has 3 atom stereocenters. The molecule has 0 aromatic carbocycles. The van der Waals surface area contributed by atoms with Crippen molar-refractivity contribution in [2.75, 3.05) is 19.8 Å². The van der Waals surface area contributed by atoms with Gasteiger partial charge in [0, 0.05) is 0 Å². The van der Waals surface area contributed by atoms with E-state index in [2.05, 4.69) is 5.32 Å². The quantitative estimate of drug-likeness (QED) is 0.711. The van der Waals surface area contributed by atoms with E-state index < -0.39 is 0 Å². The maximum atomic E-state index is 5.15. The number of fused-ring (bicyclic) bond motifs is 2. The Balaban J connectivity index is 1.45. The molecule has 0 aromatic heterocycles. The van der Waals surface area contributed by atoms with Crippen molar-refractivity contribution in [3.8, 4) is 0 Å². The SMILES string of the molecule is C1CC2CC1CC2CNC1COC1. The fraction of sp³-hybridized carbons (Fsp3) is 1.00. The summed E-state index contributed by atoms with van der Waals surface area (Å²) < 4.78 is 5.15. The highest BCUT2D eigenvalue weighted by atomic mass is 16.5.